The molecule has 15 heavy (non-hydrogen) atoms. The van der Waals surface area contributed by atoms with Gasteiger partial charge in [-0.25, -0.2) is 4.98 Å². The van der Waals surface area contributed by atoms with Gasteiger partial charge in [-0.2, -0.15) is 0 Å². The zero-order valence-corrected chi connectivity index (χ0v) is 8.95. The van der Waals surface area contributed by atoms with E-state index in [0.717, 1.165) is 0 Å². The number of aliphatic hydroxyl groups excluding tert-OH is 1. The molecule has 0 radical (unpaired) electrons. The molecule has 0 saturated heterocycles. The molecular formula is C9H12ClN3O2. The Hall–Kier alpha value is -1.33. The number of rotatable bonds is 3. The fraction of sp³-hybridized carbons (Fsp3) is 0.333. The second-order valence-electron chi connectivity index (χ2n) is 3.15. The van der Waals surface area contributed by atoms with Crippen LogP contribution in [0.4, 0.5) is 5.69 Å². The minimum absolute atomic E-state index is 0.165. The summed E-state index contributed by atoms with van der Waals surface area (Å²) in [6, 6.07) is 1.38. The number of aromatic nitrogens is 1. The number of halogens is 1. The van der Waals surface area contributed by atoms with Crippen molar-refractivity contribution in [3.05, 3.63) is 23.0 Å². The Bertz CT molecular complexity index is 368. The largest absolute Gasteiger partial charge is 0.397 e. The molecule has 0 aliphatic rings. The zero-order chi connectivity index (χ0) is 11.4. The van der Waals surface area contributed by atoms with Crippen LogP contribution in [0.2, 0.25) is 5.15 Å². The van der Waals surface area contributed by atoms with Gasteiger partial charge in [0.1, 0.15) is 5.15 Å². The summed E-state index contributed by atoms with van der Waals surface area (Å²) in [5.74, 6) is -0.377. The number of nitrogens with one attached hydrogen (secondary N) is 1. The van der Waals surface area contributed by atoms with Crippen LogP contribution in [-0.4, -0.2) is 28.6 Å². The van der Waals surface area contributed by atoms with E-state index in [0.29, 0.717) is 0 Å². The topological polar surface area (TPSA) is 88.2 Å². The molecule has 1 atom stereocenters. The minimum atomic E-state index is -0.604. The minimum Gasteiger partial charge on any atom is -0.397 e. The Balaban J connectivity index is 2.77. The van der Waals surface area contributed by atoms with E-state index in [1.54, 1.807) is 6.92 Å². The van der Waals surface area contributed by atoms with Crippen LogP contribution in [0.15, 0.2) is 12.3 Å². The molecule has 82 valence electrons. The number of anilines is 1. The predicted octanol–water partition coefficient (Wildman–Crippen LogP) is 0.428. The van der Waals surface area contributed by atoms with E-state index >= 15 is 0 Å². The van der Waals surface area contributed by atoms with Gasteiger partial charge in [0, 0.05) is 6.54 Å². The summed E-state index contributed by atoms with van der Waals surface area (Å²) in [5, 5.41) is 11.7. The van der Waals surface area contributed by atoms with E-state index in [1.165, 1.54) is 12.3 Å². The van der Waals surface area contributed by atoms with Crippen LogP contribution in [0.3, 0.4) is 0 Å². The summed E-state index contributed by atoms with van der Waals surface area (Å²) >= 11 is 5.63. The Morgan fingerprint density at radius 3 is 3.07 bits per heavy atom. The van der Waals surface area contributed by atoms with Gasteiger partial charge in [-0.15, -0.1) is 0 Å². The van der Waals surface area contributed by atoms with Gasteiger partial charge >= 0.3 is 0 Å². The average molecular weight is 230 g/mol. The molecule has 4 N–H and O–H groups in total. The third-order valence-corrected chi connectivity index (χ3v) is 1.91. The second-order valence-corrected chi connectivity index (χ2v) is 3.54. The number of nitrogens with zero attached hydrogens (tertiary/aromatic N) is 1. The maximum absolute atomic E-state index is 11.5. The maximum Gasteiger partial charge on any atom is 0.253 e. The number of nitrogens with two attached hydrogens (primary N) is 1. The highest BCUT2D eigenvalue weighted by Gasteiger charge is 2.11. The molecule has 1 heterocycles. The molecule has 1 amide bonds. The molecule has 0 bridgehead atoms. The summed E-state index contributed by atoms with van der Waals surface area (Å²) in [6.07, 6.45) is 0.715. The van der Waals surface area contributed by atoms with E-state index in [1.807, 2.05) is 0 Å². The lowest BCUT2D eigenvalue weighted by Gasteiger charge is -2.08. The van der Waals surface area contributed by atoms with Crippen LogP contribution in [0.1, 0.15) is 17.3 Å². The van der Waals surface area contributed by atoms with Crippen LogP contribution < -0.4 is 11.1 Å². The molecule has 6 heteroatoms. The molecule has 0 spiro atoms. The van der Waals surface area contributed by atoms with Gasteiger partial charge in [-0.1, -0.05) is 11.6 Å². The third-order valence-electron chi connectivity index (χ3n) is 1.70. The molecule has 1 aromatic heterocycles. The molecule has 5 nitrogen and oxygen atoms in total. The van der Waals surface area contributed by atoms with E-state index in [-0.39, 0.29) is 28.9 Å². The second kappa shape index (κ2) is 4.95. The Kier molecular flexibility index (Phi) is 3.88. The normalized spacial score (nSPS) is 12.2. The van der Waals surface area contributed by atoms with Crippen molar-refractivity contribution < 1.29 is 9.90 Å². The Morgan fingerprint density at radius 2 is 2.47 bits per heavy atom. The molecule has 1 aromatic rings. The Labute approximate surface area is 92.3 Å². The predicted molar refractivity (Wildman–Crippen MR) is 57.7 cm³/mol. The van der Waals surface area contributed by atoms with Crippen molar-refractivity contribution in [1.82, 2.24) is 10.3 Å². The van der Waals surface area contributed by atoms with E-state index in [4.69, 9.17) is 22.4 Å². The van der Waals surface area contributed by atoms with Crippen molar-refractivity contribution in [1.29, 1.82) is 0 Å². The van der Waals surface area contributed by atoms with Crippen molar-refractivity contribution >= 4 is 23.2 Å². The van der Waals surface area contributed by atoms with Crippen molar-refractivity contribution in [2.45, 2.75) is 13.0 Å². The number of nitrogen functional groups attached to an aromatic ring is 1. The van der Waals surface area contributed by atoms with Crippen LogP contribution in [0, 0.1) is 0 Å². The first-order chi connectivity index (χ1) is 7.00. The van der Waals surface area contributed by atoms with Crippen LogP contribution >= 0.6 is 11.6 Å². The number of carbonyl (C=O) groups is 1. The molecular weight excluding hydrogens is 218 g/mol. The molecule has 0 fully saturated rings. The van der Waals surface area contributed by atoms with Gasteiger partial charge in [0.15, 0.2) is 0 Å². The van der Waals surface area contributed by atoms with Crippen LogP contribution in [0.5, 0.6) is 0 Å². The van der Waals surface area contributed by atoms with Crippen LogP contribution in [-0.2, 0) is 0 Å². The summed E-state index contributed by atoms with van der Waals surface area (Å²) < 4.78 is 0. The molecule has 1 rings (SSSR count). The Morgan fingerprint density at radius 1 is 1.80 bits per heavy atom. The van der Waals surface area contributed by atoms with Gasteiger partial charge in [-0.05, 0) is 13.0 Å². The number of carbonyl (C=O) groups excluding carboxylic acids is 1. The van der Waals surface area contributed by atoms with E-state index < -0.39 is 6.10 Å². The van der Waals surface area contributed by atoms with Crippen LogP contribution in [0.25, 0.3) is 0 Å². The number of amides is 1. The van der Waals surface area contributed by atoms with Crippen molar-refractivity contribution in [3.63, 3.8) is 0 Å². The zero-order valence-electron chi connectivity index (χ0n) is 8.20. The van der Waals surface area contributed by atoms with Gasteiger partial charge in [0.2, 0.25) is 0 Å². The fourth-order valence-electron chi connectivity index (χ4n) is 0.973. The first-order valence-electron chi connectivity index (χ1n) is 4.38. The summed E-state index contributed by atoms with van der Waals surface area (Å²) in [4.78, 5) is 15.3. The van der Waals surface area contributed by atoms with Gasteiger partial charge in [-0.3, -0.25) is 4.79 Å². The fourth-order valence-corrected chi connectivity index (χ4v) is 1.13. The summed E-state index contributed by atoms with van der Waals surface area (Å²) in [6.45, 7) is 1.74. The smallest absolute Gasteiger partial charge is 0.253 e. The number of aliphatic hydroxyl groups is 1. The van der Waals surface area contributed by atoms with Gasteiger partial charge in [0.25, 0.3) is 5.91 Å². The lowest BCUT2D eigenvalue weighted by atomic mass is 10.2. The third kappa shape index (κ3) is 3.38. The lowest BCUT2D eigenvalue weighted by molar-refractivity contribution is 0.0925. The average Bonchev–Trinajstić information content (AvgIpc) is 2.18. The number of hydrogen-bond donors (Lipinski definition) is 3. The lowest BCUT2D eigenvalue weighted by Crippen LogP contribution is -2.31. The SMILES string of the molecule is C[C@@H](O)CNC(=O)c1cc(Cl)ncc1N. The molecule has 0 aromatic carbocycles. The first-order valence-corrected chi connectivity index (χ1v) is 4.75. The van der Waals surface area contributed by atoms with Crippen molar-refractivity contribution in [2.75, 3.05) is 12.3 Å². The van der Waals surface area contributed by atoms with Gasteiger partial charge in [0.05, 0.1) is 23.6 Å². The van der Waals surface area contributed by atoms with Crippen molar-refractivity contribution in [3.8, 4) is 0 Å². The highest BCUT2D eigenvalue weighted by Crippen LogP contribution is 2.14. The summed E-state index contributed by atoms with van der Waals surface area (Å²) in [7, 11) is 0. The molecule has 0 unspecified atom stereocenters. The highest BCUT2D eigenvalue weighted by molar-refractivity contribution is 6.29. The number of hydrogen-bond acceptors (Lipinski definition) is 4. The summed E-state index contributed by atoms with van der Waals surface area (Å²) in [5.41, 5.74) is 6.06. The van der Waals surface area contributed by atoms with Gasteiger partial charge < -0.3 is 16.2 Å². The van der Waals surface area contributed by atoms with E-state index in [2.05, 4.69) is 10.3 Å². The van der Waals surface area contributed by atoms with Crippen molar-refractivity contribution in [2.24, 2.45) is 0 Å². The molecule has 0 aliphatic carbocycles. The highest BCUT2D eigenvalue weighted by atomic mass is 35.5. The maximum atomic E-state index is 11.5. The molecule has 0 aliphatic heterocycles. The standard InChI is InChI=1S/C9H12ClN3O2/c1-5(14)3-13-9(15)6-2-8(10)12-4-7(6)11/h2,4-5,14H,3,11H2,1H3,(H,13,15)/t5-/m1/s1. The first kappa shape index (κ1) is 11.7. The number of pyridine rings is 1. The quantitative estimate of drug-likeness (QED) is 0.656. The van der Waals surface area contributed by atoms with E-state index in [9.17, 15) is 4.79 Å². The molecule has 0 saturated carbocycles. The monoisotopic (exact) mass is 229 g/mol.